The second-order valence-corrected chi connectivity index (χ2v) is 5.03. The van der Waals surface area contributed by atoms with Gasteiger partial charge in [-0.3, -0.25) is 0 Å². The molecule has 0 spiro atoms. The Labute approximate surface area is 117 Å². The fourth-order valence-electron chi connectivity index (χ4n) is 2.66. The van der Waals surface area contributed by atoms with Crippen LogP contribution in [0.3, 0.4) is 0 Å². The highest BCUT2D eigenvalue weighted by Crippen LogP contribution is 2.24. The Bertz CT molecular complexity index is 592. The molecule has 0 atom stereocenters. The van der Waals surface area contributed by atoms with Gasteiger partial charge in [-0.1, -0.05) is 0 Å². The highest BCUT2D eigenvalue weighted by atomic mass is 15.2. The second-order valence-electron chi connectivity index (χ2n) is 5.03. The van der Waals surface area contributed by atoms with Crippen molar-refractivity contribution >= 4 is 5.82 Å². The van der Waals surface area contributed by atoms with Crippen molar-refractivity contribution in [3.8, 4) is 6.07 Å². The van der Waals surface area contributed by atoms with E-state index in [1.54, 1.807) is 12.4 Å². The topological polar surface area (TPSA) is 70.6 Å². The summed E-state index contributed by atoms with van der Waals surface area (Å²) in [7, 11) is 0. The fourth-order valence-corrected chi connectivity index (χ4v) is 2.66. The second kappa shape index (κ2) is 5.70. The molecule has 0 unspecified atom stereocenters. The van der Waals surface area contributed by atoms with Crippen LogP contribution in [0.4, 0.5) is 5.82 Å². The van der Waals surface area contributed by atoms with Gasteiger partial charge in [0.05, 0.1) is 6.33 Å². The molecular weight excluding hydrogens is 252 g/mol. The number of nitrogens with zero attached hydrogens (tertiary/aromatic N) is 6. The van der Waals surface area contributed by atoms with Gasteiger partial charge >= 0.3 is 0 Å². The van der Waals surface area contributed by atoms with E-state index in [1.165, 1.54) is 0 Å². The molecule has 0 aliphatic carbocycles. The summed E-state index contributed by atoms with van der Waals surface area (Å²) in [5, 5.41) is 9.08. The number of nitriles is 1. The number of imidazole rings is 1. The van der Waals surface area contributed by atoms with Crippen molar-refractivity contribution in [3.63, 3.8) is 0 Å². The van der Waals surface area contributed by atoms with E-state index in [0.29, 0.717) is 11.6 Å². The molecule has 0 radical (unpaired) electrons. The Morgan fingerprint density at radius 2 is 2.00 bits per heavy atom. The van der Waals surface area contributed by atoms with Crippen LogP contribution in [0.1, 0.15) is 18.5 Å². The first kappa shape index (κ1) is 12.6. The minimum Gasteiger partial charge on any atom is -0.354 e. The van der Waals surface area contributed by atoms with Crippen LogP contribution in [0.15, 0.2) is 31.1 Å². The van der Waals surface area contributed by atoms with Crippen molar-refractivity contribution in [3.05, 3.63) is 36.8 Å². The van der Waals surface area contributed by atoms with Gasteiger partial charge in [0.25, 0.3) is 0 Å². The highest BCUT2D eigenvalue weighted by Gasteiger charge is 2.22. The Hall–Kier alpha value is -2.42. The van der Waals surface area contributed by atoms with E-state index in [1.807, 2.05) is 18.7 Å². The number of rotatable bonds is 3. The molecule has 1 aliphatic rings. The van der Waals surface area contributed by atoms with Crippen LogP contribution in [0.2, 0.25) is 0 Å². The predicted octanol–water partition coefficient (Wildman–Crippen LogP) is 1.46. The normalized spacial score (nSPS) is 16.1. The molecule has 20 heavy (non-hydrogen) atoms. The van der Waals surface area contributed by atoms with Crippen molar-refractivity contribution in [1.29, 1.82) is 5.26 Å². The minimum atomic E-state index is 0.417. The third kappa shape index (κ3) is 2.62. The van der Waals surface area contributed by atoms with Crippen molar-refractivity contribution in [1.82, 2.24) is 19.5 Å². The van der Waals surface area contributed by atoms with Crippen LogP contribution < -0.4 is 4.90 Å². The zero-order valence-electron chi connectivity index (χ0n) is 11.2. The molecule has 102 valence electrons. The largest absolute Gasteiger partial charge is 0.354 e. The van der Waals surface area contributed by atoms with Crippen molar-refractivity contribution in [2.75, 3.05) is 18.0 Å². The van der Waals surface area contributed by atoms with Gasteiger partial charge in [-0.05, 0) is 18.8 Å². The maximum atomic E-state index is 9.08. The number of hydrogen-bond acceptors (Lipinski definition) is 5. The zero-order valence-corrected chi connectivity index (χ0v) is 11.2. The summed E-state index contributed by atoms with van der Waals surface area (Å²) < 4.78 is 2.13. The fraction of sp³-hybridized carbons (Fsp3) is 0.429. The van der Waals surface area contributed by atoms with Gasteiger partial charge in [0.2, 0.25) is 0 Å². The first-order valence-corrected chi connectivity index (χ1v) is 6.78. The summed E-state index contributed by atoms with van der Waals surface area (Å²) in [6.07, 6.45) is 11.1. The lowest BCUT2D eigenvalue weighted by Crippen LogP contribution is -2.36. The quantitative estimate of drug-likeness (QED) is 0.842. The minimum absolute atomic E-state index is 0.417. The molecule has 3 heterocycles. The van der Waals surface area contributed by atoms with Gasteiger partial charge in [-0.25, -0.2) is 15.0 Å². The van der Waals surface area contributed by atoms with E-state index in [-0.39, 0.29) is 0 Å². The predicted molar refractivity (Wildman–Crippen MR) is 73.9 cm³/mol. The van der Waals surface area contributed by atoms with Gasteiger partial charge in [-0.2, -0.15) is 5.26 Å². The van der Waals surface area contributed by atoms with E-state index in [4.69, 9.17) is 5.26 Å². The average Bonchev–Trinajstić information content (AvgIpc) is 3.01. The lowest BCUT2D eigenvalue weighted by atomic mass is 9.96. The van der Waals surface area contributed by atoms with Crippen LogP contribution in [0, 0.1) is 17.2 Å². The molecule has 1 saturated heterocycles. The lowest BCUT2D eigenvalue weighted by molar-refractivity contribution is 0.355. The number of piperidine rings is 1. The van der Waals surface area contributed by atoms with Crippen LogP contribution >= 0.6 is 0 Å². The van der Waals surface area contributed by atoms with Crippen molar-refractivity contribution in [2.45, 2.75) is 19.4 Å². The maximum Gasteiger partial charge on any atom is 0.183 e. The first-order valence-electron chi connectivity index (χ1n) is 6.78. The van der Waals surface area contributed by atoms with Crippen LogP contribution in [-0.4, -0.2) is 32.6 Å². The van der Waals surface area contributed by atoms with Gasteiger partial charge in [0.15, 0.2) is 11.5 Å². The van der Waals surface area contributed by atoms with Crippen molar-refractivity contribution in [2.24, 2.45) is 5.92 Å². The Balaban J connectivity index is 1.62. The molecule has 0 aromatic carbocycles. The molecule has 0 bridgehead atoms. The number of anilines is 1. The molecule has 0 N–H and O–H groups in total. The van der Waals surface area contributed by atoms with Crippen molar-refractivity contribution < 1.29 is 0 Å². The van der Waals surface area contributed by atoms with Crippen LogP contribution in [0.5, 0.6) is 0 Å². The molecule has 3 rings (SSSR count). The third-order valence-corrected chi connectivity index (χ3v) is 3.73. The lowest BCUT2D eigenvalue weighted by Gasteiger charge is -2.32. The molecule has 1 fully saturated rings. The van der Waals surface area contributed by atoms with Gasteiger partial charge in [-0.15, -0.1) is 0 Å². The Morgan fingerprint density at radius 3 is 2.70 bits per heavy atom. The molecular formula is C14H16N6. The van der Waals surface area contributed by atoms with Crippen LogP contribution in [0.25, 0.3) is 0 Å². The van der Waals surface area contributed by atoms with E-state index < -0.39 is 0 Å². The summed E-state index contributed by atoms with van der Waals surface area (Å²) in [6.45, 7) is 2.86. The summed E-state index contributed by atoms with van der Waals surface area (Å²) in [4.78, 5) is 14.6. The Morgan fingerprint density at radius 1 is 1.20 bits per heavy atom. The molecule has 6 heteroatoms. The summed E-state index contributed by atoms with van der Waals surface area (Å²) in [5.41, 5.74) is 0.417. The average molecular weight is 268 g/mol. The smallest absolute Gasteiger partial charge is 0.183 e. The van der Waals surface area contributed by atoms with Gasteiger partial charge < -0.3 is 9.47 Å². The molecule has 1 aliphatic heterocycles. The van der Waals surface area contributed by atoms with E-state index in [2.05, 4.69) is 30.5 Å². The first-order chi connectivity index (χ1) is 9.86. The van der Waals surface area contributed by atoms with Crippen LogP contribution in [-0.2, 0) is 6.54 Å². The Kier molecular flexibility index (Phi) is 3.59. The van der Waals surface area contributed by atoms with Gasteiger partial charge in [0, 0.05) is 44.4 Å². The zero-order chi connectivity index (χ0) is 13.8. The molecule has 0 saturated carbocycles. The molecule has 2 aromatic heterocycles. The van der Waals surface area contributed by atoms with E-state index in [0.717, 1.165) is 38.3 Å². The number of aromatic nitrogens is 4. The van der Waals surface area contributed by atoms with Gasteiger partial charge in [0.1, 0.15) is 6.07 Å². The summed E-state index contributed by atoms with van der Waals surface area (Å²) in [5.74, 6) is 1.37. The highest BCUT2D eigenvalue weighted by molar-refractivity contribution is 5.49. The monoisotopic (exact) mass is 268 g/mol. The number of hydrogen-bond donors (Lipinski definition) is 0. The summed E-state index contributed by atoms with van der Waals surface area (Å²) in [6, 6.07) is 2.11. The standard InChI is InChI=1S/C14H16N6/c15-9-13-14(18-4-3-17-13)20-6-1-12(2-7-20)10-19-8-5-16-11-19/h3-5,8,11-12H,1-2,6-7,10H2. The molecule has 6 nitrogen and oxygen atoms in total. The molecule has 0 amide bonds. The SMILES string of the molecule is N#Cc1nccnc1N1CCC(Cn2ccnc2)CC1. The van der Waals surface area contributed by atoms with E-state index >= 15 is 0 Å². The third-order valence-electron chi connectivity index (χ3n) is 3.73. The maximum absolute atomic E-state index is 9.08. The summed E-state index contributed by atoms with van der Waals surface area (Å²) >= 11 is 0. The van der Waals surface area contributed by atoms with E-state index in [9.17, 15) is 0 Å². The molecule has 2 aromatic rings.